The monoisotopic (exact) mass is 420 g/mol. The summed E-state index contributed by atoms with van der Waals surface area (Å²) in [7, 11) is 0. The SMILES string of the molecule is Cc1nc(NC2(C)CC2)c2c(C(=O)N3CCc4c(ncnc4C4CCO4)C3)coc2n1. The summed E-state index contributed by atoms with van der Waals surface area (Å²) in [4.78, 5) is 33.2. The zero-order chi connectivity index (χ0) is 21.2. The fraction of sp³-hybridized carbons (Fsp3) is 0.500. The summed E-state index contributed by atoms with van der Waals surface area (Å²) in [5.41, 5.74) is 3.94. The van der Waals surface area contributed by atoms with Crippen molar-refractivity contribution in [3.8, 4) is 0 Å². The highest BCUT2D eigenvalue weighted by molar-refractivity contribution is 6.09. The molecule has 1 saturated carbocycles. The minimum atomic E-state index is -0.0964. The van der Waals surface area contributed by atoms with Gasteiger partial charge in [0, 0.05) is 24.1 Å². The topological polar surface area (TPSA) is 106 Å². The van der Waals surface area contributed by atoms with E-state index in [0.717, 1.165) is 42.8 Å². The van der Waals surface area contributed by atoms with Gasteiger partial charge in [0.1, 0.15) is 30.3 Å². The molecular weight excluding hydrogens is 396 g/mol. The Balaban J connectivity index is 1.33. The van der Waals surface area contributed by atoms with Crippen molar-refractivity contribution in [1.82, 2.24) is 24.8 Å². The summed E-state index contributed by atoms with van der Waals surface area (Å²) >= 11 is 0. The Morgan fingerprint density at radius 1 is 1.29 bits per heavy atom. The Labute approximate surface area is 179 Å². The maximum absolute atomic E-state index is 13.5. The first kappa shape index (κ1) is 18.7. The first-order chi connectivity index (χ1) is 15.0. The molecule has 1 N–H and O–H groups in total. The summed E-state index contributed by atoms with van der Waals surface area (Å²) in [5, 5.41) is 4.15. The van der Waals surface area contributed by atoms with E-state index in [1.165, 1.54) is 6.26 Å². The zero-order valence-electron chi connectivity index (χ0n) is 17.6. The standard InChI is InChI=1S/C22H24N6O3/c1-12-25-19(27-22(2)5-6-22)17-14(10-31-20(17)26-12)21(29)28-7-3-13-15(9-28)23-11-24-18(13)16-4-8-30-16/h10-11,16H,3-9H2,1-2H3,(H,25,26,27). The minimum Gasteiger partial charge on any atom is -0.445 e. The van der Waals surface area contributed by atoms with E-state index < -0.39 is 0 Å². The van der Waals surface area contributed by atoms with Gasteiger partial charge in [-0.3, -0.25) is 4.79 Å². The Kier molecular flexibility index (Phi) is 4.05. The molecule has 160 valence electrons. The van der Waals surface area contributed by atoms with Gasteiger partial charge >= 0.3 is 0 Å². The van der Waals surface area contributed by atoms with Crippen LogP contribution < -0.4 is 5.32 Å². The second-order valence-electron chi connectivity index (χ2n) is 8.94. The van der Waals surface area contributed by atoms with E-state index in [1.54, 1.807) is 6.33 Å². The van der Waals surface area contributed by atoms with Crippen LogP contribution in [-0.2, 0) is 17.7 Å². The second-order valence-corrected chi connectivity index (χ2v) is 8.94. The molecule has 2 fully saturated rings. The van der Waals surface area contributed by atoms with Gasteiger partial charge in [0.15, 0.2) is 0 Å². The predicted octanol–water partition coefficient (Wildman–Crippen LogP) is 2.95. The Morgan fingerprint density at radius 2 is 2.13 bits per heavy atom. The van der Waals surface area contributed by atoms with Gasteiger partial charge in [-0.15, -0.1) is 0 Å². The van der Waals surface area contributed by atoms with Crippen LogP contribution in [0.15, 0.2) is 17.0 Å². The molecule has 1 aliphatic carbocycles. The lowest BCUT2D eigenvalue weighted by atomic mass is 9.97. The third-order valence-corrected chi connectivity index (χ3v) is 6.53. The van der Waals surface area contributed by atoms with E-state index in [9.17, 15) is 4.79 Å². The van der Waals surface area contributed by atoms with Gasteiger partial charge in [-0.1, -0.05) is 0 Å². The third kappa shape index (κ3) is 3.15. The molecule has 1 saturated heterocycles. The van der Waals surface area contributed by atoms with Crippen molar-refractivity contribution in [2.24, 2.45) is 0 Å². The van der Waals surface area contributed by atoms with E-state index in [0.29, 0.717) is 47.8 Å². The fourth-order valence-electron chi connectivity index (χ4n) is 4.35. The minimum absolute atomic E-state index is 0.0201. The molecule has 1 amide bonds. The summed E-state index contributed by atoms with van der Waals surface area (Å²) in [6.45, 7) is 5.80. The molecule has 1 atom stereocenters. The number of aryl methyl sites for hydroxylation is 1. The number of ether oxygens (including phenoxy) is 1. The maximum Gasteiger partial charge on any atom is 0.258 e. The lowest BCUT2D eigenvalue weighted by molar-refractivity contribution is -0.0560. The molecule has 0 radical (unpaired) electrons. The molecule has 2 aliphatic heterocycles. The summed E-state index contributed by atoms with van der Waals surface area (Å²) in [6.07, 6.45) is 7.00. The van der Waals surface area contributed by atoms with E-state index in [1.807, 2.05) is 11.8 Å². The number of amides is 1. The number of rotatable bonds is 4. The normalized spacial score (nSPS) is 21.5. The summed E-state index contributed by atoms with van der Waals surface area (Å²) in [6, 6.07) is 0. The Morgan fingerprint density at radius 3 is 2.87 bits per heavy atom. The number of hydrogen-bond acceptors (Lipinski definition) is 8. The van der Waals surface area contributed by atoms with Crippen LogP contribution in [0, 0.1) is 6.92 Å². The molecule has 9 heteroatoms. The van der Waals surface area contributed by atoms with Crippen molar-refractivity contribution in [1.29, 1.82) is 0 Å². The number of carbonyl (C=O) groups excluding carboxylic acids is 1. The van der Waals surface area contributed by atoms with Gasteiger partial charge in [-0.25, -0.2) is 15.0 Å². The van der Waals surface area contributed by atoms with Crippen molar-refractivity contribution in [3.63, 3.8) is 0 Å². The molecule has 0 bridgehead atoms. The van der Waals surface area contributed by atoms with Gasteiger partial charge < -0.3 is 19.4 Å². The van der Waals surface area contributed by atoms with Crippen molar-refractivity contribution < 1.29 is 13.9 Å². The lowest BCUT2D eigenvalue weighted by Crippen LogP contribution is -2.37. The Bertz CT molecular complexity index is 1200. The lowest BCUT2D eigenvalue weighted by Gasteiger charge is -2.32. The van der Waals surface area contributed by atoms with Crippen LogP contribution in [0.4, 0.5) is 5.82 Å². The Hall–Kier alpha value is -3.07. The number of nitrogens with one attached hydrogen (secondary N) is 1. The molecule has 3 aromatic heterocycles. The molecular formula is C22H24N6O3. The van der Waals surface area contributed by atoms with E-state index in [-0.39, 0.29) is 17.6 Å². The smallest absolute Gasteiger partial charge is 0.258 e. The number of carbonyl (C=O) groups is 1. The van der Waals surface area contributed by atoms with Crippen molar-refractivity contribution in [2.75, 3.05) is 18.5 Å². The molecule has 31 heavy (non-hydrogen) atoms. The van der Waals surface area contributed by atoms with Crippen LogP contribution >= 0.6 is 0 Å². The molecule has 1 unspecified atom stereocenters. The molecule has 0 spiro atoms. The maximum atomic E-state index is 13.5. The van der Waals surface area contributed by atoms with Crippen LogP contribution in [0.2, 0.25) is 0 Å². The van der Waals surface area contributed by atoms with Crippen molar-refractivity contribution in [2.45, 2.75) is 57.7 Å². The average Bonchev–Trinajstić information content (AvgIpc) is 3.28. The van der Waals surface area contributed by atoms with Crippen molar-refractivity contribution in [3.05, 3.63) is 40.9 Å². The average molecular weight is 420 g/mol. The highest BCUT2D eigenvalue weighted by Crippen LogP contribution is 2.40. The van der Waals surface area contributed by atoms with E-state index >= 15 is 0 Å². The number of anilines is 1. The third-order valence-electron chi connectivity index (χ3n) is 6.53. The molecule has 9 nitrogen and oxygen atoms in total. The first-order valence-corrected chi connectivity index (χ1v) is 10.8. The molecule has 6 rings (SSSR count). The van der Waals surface area contributed by atoms with E-state index in [4.69, 9.17) is 9.15 Å². The number of nitrogens with zero attached hydrogens (tertiary/aromatic N) is 5. The molecule has 3 aliphatic rings. The van der Waals surface area contributed by atoms with Crippen molar-refractivity contribution >= 4 is 22.8 Å². The van der Waals surface area contributed by atoms with Crippen LogP contribution in [0.5, 0.6) is 0 Å². The predicted molar refractivity (Wildman–Crippen MR) is 112 cm³/mol. The van der Waals surface area contributed by atoms with Gasteiger partial charge in [0.25, 0.3) is 5.91 Å². The number of furan rings is 1. The van der Waals surface area contributed by atoms with Crippen LogP contribution in [-0.4, -0.2) is 49.4 Å². The highest BCUT2D eigenvalue weighted by atomic mass is 16.5. The van der Waals surface area contributed by atoms with Crippen LogP contribution in [0.3, 0.4) is 0 Å². The highest BCUT2D eigenvalue weighted by Gasteiger charge is 2.39. The largest absolute Gasteiger partial charge is 0.445 e. The van der Waals surface area contributed by atoms with Crippen LogP contribution in [0.25, 0.3) is 11.1 Å². The summed E-state index contributed by atoms with van der Waals surface area (Å²) in [5.74, 6) is 1.19. The van der Waals surface area contributed by atoms with Crippen LogP contribution in [0.1, 0.15) is 65.4 Å². The fourth-order valence-corrected chi connectivity index (χ4v) is 4.35. The second kappa shape index (κ2) is 6.71. The quantitative estimate of drug-likeness (QED) is 0.687. The molecule has 0 aromatic carbocycles. The summed E-state index contributed by atoms with van der Waals surface area (Å²) < 4.78 is 11.3. The van der Waals surface area contributed by atoms with E-state index in [2.05, 4.69) is 32.2 Å². The number of aromatic nitrogens is 4. The zero-order valence-corrected chi connectivity index (χ0v) is 17.6. The number of fused-ring (bicyclic) bond motifs is 2. The van der Waals surface area contributed by atoms with Gasteiger partial charge in [-0.2, -0.15) is 4.98 Å². The first-order valence-electron chi connectivity index (χ1n) is 10.8. The number of hydrogen-bond donors (Lipinski definition) is 1. The van der Waals surface area contributed by atoms with Gasteiger partial charge in [-0.05, 0) is 33.1 Å². The molecule has 5 heterocycles. The van der Waals surface area contributed by atoms with Gasteiger partial charge in [0.05, 0.1) is 35.5 Å². The molecule has 3 aromatic rings. The van der Waals surface area contributed by atoms with Gasteiger partial charge in [0.2, 0.25) is 5.71 Å².